The number of benzene rings is 2. The number of rotatable bonds is 9. The fourth-order valence-corrected chi connectivity index (χ4v) is 3.26. The van der Waals surface area contributed by atoms with E-state index in [-0.39, 0.29) is 6.61 Å². The summed E-state index contributed by atoms with van der Waals surface area (Å²) in [6.45, 7) is 1.26. The summed E-state index contributed by atoms with van der Waals surface area (Å²) in [5, 5.41) is 3.72. The number of halogens is 2. The van der Waals surface area contributed by atoms with E-state index < -0.39 is 5.82 Å². The molecule has 5 nitrogen and oxygen atoms in total. The van der Waals surface area contributed by atoms with Crippen LogP contribution in [0.4, 0.5) is 4.39 Å². The van der Waals surface area contributed by atoms with Gasteiger partial charge in [-0.3, -0.25) is 0 Å². The highest BCUT2D eigenvalue weighted by molar-refractivity contribution is 6.31. The van der Waals surface area contributed by atoms with Crippen LogP contribution in [-0.2, 0) is 26.7 Å². The molecule has 0 atom stereocenters. The standard InChI is InChI=1S/C22H24ClFN2O3/c1-26-9-5-6-15(26)12-25-13-17-21(27-2)10-16(11-22(17)28-3)29-14-18-19(23)7-4-8-20(18)24/h4-11,25H,12-14H2,1-3H3. The summed E-state index contributed by atoms with van der Waals surface area (Å²) in [4.78, 5) is 0. The lowest BCUT2D eigenvalue weighted by molar-refractivity contribution is 0.294. The first-order chi connectivity index (χ1) is 14.0. The molecule has 3 rings (SSSR count). The molecule has 0 radical (unpaired) electrons. The lowest BCUT2D eigenvalue weighted by Gasteiger charge is -2.17. The Morgan fingerprint density at radius 3 is 2.31 bits per heavy atom. The van der Waals surface area contributed by atoms with Crippen LogP contribution in [-0.4, -0.2) is 18.8 Å². The molecule has 0 bridgehead atoms. The van der Waals surface area contributed by atoms with E-state index in [1.54, 1.807) is 38.5 Å². The number of nitrogens with zero attached hydrogens (tertiary/aromatic N) is 1. The molecule has 0 aliphatic carbocycles. The van der Waals surface area contributed by atoms with Gasteiger partial charge in [0.05, 0.1) is 24.8 Å². The summed E-state index contributed by atoms with van der Waals surface area (Å²) < 4.78 is 32.9. The molecule has 0 aliphatic heterocycles. The topological polar surface area (TPSA) is 44.6 Å². The zero-order chi connectivity index (χ0) is 20.8. The van der Waals surface area contributed by atoms with Crippen molar-refractivity contribution in [3.63, 3.8) is 0 Å². The molecule has 1 N–H and O–H groups in total. The van der Waals surface area contributed by atoms with Gasteiger partial charge in [0, 0.05) is 49.7 Å². The highest BCUT2D eigenvalue weighted by Crippen LogP contribution is 2.35. The Bertz CT molecular complexity index is 929. The second-order valence-corrected chi connectivity index (χ2v) is 6.92. The number of hydrogen-bond donors (Lipinski definition) is 1. The molecular weight excluding hydrogens is 395 g/mol. The molecule has 3 aromatic rings. The van der Waals surface area contributed by atoms with E-state index in [1.165, 1.54) is 11.8 Å². The fourth-order valence-electron chi connectivity index (χ4n) is 3.04. The van der Waals surface area contributed by atoms with Crippen LogP contribution in [0, 0.1) is 5.82 Å². The van der Waals surface area contributed by atoms with Crippen LogP contribution in [0.25, 0.3) is 0 Å². The van der Waals surface area contributed by atoms with Gasteiger partial charge in [-0.15, -0.1) is 0 Å². The van der Waals surface area contributed by atoms with Crippen molar-refractivity contribution in [1.82, 2.24) is 9.88 Å². The summed E-state index contributed by atoms with van der Waals surface area (Å²) in [5.41, 5.74) is 2.35. The molecule has 7 heteroatoms. The van der Waals surface area contributed by atoms with E-state index in [0.717, 1.165) is 5.56 Å². The van der Waals surface area contributed by atoms with Gasteiger partial charge in [0.2, 0.25) is 0 Å². The van der Waals surface area contributed by atoms with E-state index in [2.05, 4.69) is 16.0 Å². The van der Waals surface area contributed by atoms with Gasteiger partial charge in [0.25, 0.3) is 0 Å². The lowest BCUT2D eigenvalue weighted by atomic mass is 10.1. The van der Waals surface area contributed by atoms with Crippen molar-refractivity contribution >= 4 is 11.6 Å². The first-order valence-corrected chi connectivity index (χ1v) is 9.52. The van der Waals surface area contributed by atoms with Gasteiger partial charge in [-0.2, -0.15) is 0 Å². The van der Waals surface area contributed by atoms with Crippen molar-refractivity contribution in [1.29, 1.82) is 0 Å². The second kappa shape index (κ2) is 9.67. The van der Waals surface area contributed by atoms with Gasteiger partial charge < -0.3 is 24.1 Å². The first-order valence-electron chi connectivity index (χ1n) is 9.15. The summed E-state index contributed by atoms with van der Waals surface area (Å²) >= 11 is 6.07. The van der Waals surface area contributed by atoms with E-state index in [9.17, 15) is 4.39 Å². The van der Waals surface area contributed by atoms with Crippen LogP contribution < -0.4 is 19.5 Å². The van der Waals surface area contributed by atoms with Crippen molar-refractivity contribution in [3.05, 3.63) is 76.3 Å². The summed E-state index contributed by atoms with van der Waals surface area (Å²) in [6, 6.07) is 12.1. The Labute approximate surface area is 175 Å². The van der Waals surface area contributed by atoms with Crippen LogP contribution in [0.5, 0.6) is 17.2 Å². The predicted octanol–water partition coefficient (Wildman–Crippen LogP) is 4.70. The number of hydrogen-bond acceptors (Lipinski definition) is 4. The maximum Gasteiger partial charge on any atom is 0.131 e. The quantitative estimate of drug-likeness (QED) is 0.547. The molecule has 0 aliphatic rings. The number of aryl methyl sites for hydroxylation is 1. The molecule has 29 heavy (non-hydrogen) atoms. The number of nitrogens with one attached hydrogen (secondary N) is 1. The Morgan fingerprint density at radius 2 is 1.72 bits per heavy atom. The van der Waals surface area contributed by atoms with Gasteiger partial charge in [-0.05, 0) is 24.3 Å². The van der Waals surface area contributed by atoms with Crippen molar-refractivity contribution < 1.29 is 18.6 Å². The zero-order valence-electron chi connectivity index (χ0n) is 16.7. The van der Waals surface area contributed by atoms with E-state index in [0.29, 0.717) is 40.9 Å². The Kier molecular flexibility index (Phi) is 7.01. The monoisotopic (exact) mass is 418 g/mol. The van der Waals surface area contributed by atoms with Crippen LogP contribution in [0.2, 0.25) is 5.02 Å². The third-order valence-electron chi connectivity index (χ3n) is 4.69. The molecule has 0 saturated carbocycles. The van der Waals surface area contributed by atoms with E-state index in [4.69, 9.17) is 25.8 Å². The maximum atomic E-state index is 14.0. The third-order valence-corrected chi connectivity index (χ3v) is 5.04. The van der Waals surface area contributed by atoms with Crippen LogP contribution >= 0.6 is 11.6 Å². The lowest BCUT2D eigenvalue weighted by Crippen LogP contribution is -2.16. The molecule has 1 aromatic heterocycles. The van der Waals surface area contributed by atoms with Gasteiger partial charge in [0.15, 0.2) is 0 Å². The van der Waals surface area contributed by atoms with E-state index >= 15 is 0 Å². The molecule has 0 amide bonds. The second-order valence-electron chi connectivity index (χ2n) is 6.51. The number of aromatic nitrogens is 1. The number of ether oxygens (including phenoxy) is 3. The smallest absolute Gasteiger partial charge is 0.131 e. The Hall–Kier alpha value is -2.70. The largest absolute Gasteiger partial charge is 0.496 e. The summed E-state index contributed by atoms with van der Waals surface area (Å²) in [5.74, 6) is 1.35. The van der Waals surface area contributed by atoms with Crippen molar-refractivity contribution in [2.75, 3.05) is 14.2 Å². The zero-order valence-corrected chi connectivity index (χ0v) is 17.4. The predicted molar refractivity (Wildman–Crippen MR) is 111 cm³/mol. The van der Waals surface area contributed by atoms with Crippen LogP contribution in [0.1, 0.15) is 16.8 Å². The highest BCUT2D eigenvalue weighted by Gasteiger charge is 2.15. The van der Waals surface area contributed by atoms with Crippen LogP contribution in [0.15, 0.2) is 48.7 Å². The molecule has 2 aromatic carbocycles. The molecule has 0 spiro atoms. The van der Waals surface area contributed by atoms with Gasteiger partial charge in [-0.25, -0.2) is 4.39 Å². The van der Waals surface area contributed by atoms with Crippen molar-refractivity contribution in [3.8, 4) is 17.2 Å². The summed E-state index contributed by atoms with van der Waals surface area (Å²) in [6.07, 6.45) is 2.01. The van der Waals surface area contributed by atoms with Crippen molar-refractivity contribution in [2.45, 2.75) is 19.7 Å². The fraction of sp³-hybridized carbons (Fsp3) is 0.273. The normalized spacial score (nSPS) is 10.8. The Morgan fingerprint density at radius 1 is 1.00 bits per heavy atom. The average molecular weight is 419 g/mol. The minimum absolute atomic E-state index is 0.00288. The third kappa shape index (κ3) is 5.02. The molecule has 0 fully saturated rings. The van der Waals surface area contributed by atoms with Gasteiger partial charge >= 0.3 is 0 Å². The Balaban J connectivity index is 1.74. The van der Waals surface area contributed by atoms with Gasteiger partial charge in [0.1, 0.15) is 29.7 Å². The van der Waals surface area contributed by atoms with Crippen LogP contribution in [0.3, 0.4) is 0 Å². The first kappa shape index (κ1) is 21.0. The SMILES string of the molecule is COc1cc(OCc2c(F)cccc2Cl)cc(OC)c1CNCc1cccn1C. The molecule has 154 valence electrons. The molecule has 0 unspecified atom stereocenters. The number of methoxy groups -OCH3 is 2. The maximum absolute atomic E-state index is 14.0. The minimum Gasteiger partial charge on any atom is -0.496 e. The highest BCUT2D eigenvalue weighted by atomic mass is 35.5. The van der Waals surface area contributed by atoms with Crippen molar-refractivity contribution in [2.24, 2.45) is 7.05 Å². The molecule has 1 heterocycles. The van der Waals surface area contributed by atoms with E-state index in [1.807, 2.05) is 19.3 Å². The molecule has 0 saturated heterocycles. The average Bonchev–Trinajstić information content (AvgIpc) is 3.12. The van der Waals surface area contributed by atoms with Gasteiger partial charge in [-0.1, -0.05) is 17.7 Å². The minimum atomic E-state index is -0.405. The summed E-state index contributed by atoms with van der Waals surface area (Å²) in [7, 11) is 5.19. The molecular formula is C22H24ClFN2O3.